The van der Waals surface area contributed by atoms with Crippen LogP contribution in [0.4, 0.5) is 0 Å². The van der Waals surface area contributed by atoms with Crippen LogP contribution in [0, 0.1) is 6.92 Å². The van der Waals surface area contributed by atoms with Crippen molar-refractivity contribution in [3.05, 3.63) is 64.3 Å². The van der Waals surface area contributed by atoms with Gasteiger partial charge in [-0.2, -0.15) is 0 Å². The van der Waals surface area contributed by atoms with Gasteiger partial charge in [0.2, 0.25) is 0 Å². The average molecular weight is 394 g/mol. The maximum absolute atomic E-state index is 12.8. The van der Waals surface area contributed by atoms with Crippen molar-refractivity contribution in [2.75, 3.05) is 0 Å². The second-order valence-corrected chi connectivity index (χ2v) is 7.85. The van der Waals surface area contributed by atoms with Gasteiger partial charge in [-0.25, -0.2) is 17.2 Å². The van der Waals surface area contributed by atoms with Crippen LogP contribution in [0.15, 0.2) is 58.0 Å². The molecule has 1 aromatic heterocycles. The minimum absolute atomic E-state index is 0.0583. The second-order valence-electron chi connectivity index (χ2n) is 5.12. The first-order valence-corrected chi connectivity index (χ1v) is 8.90. The van der Waals surface area contributed by atoms with Crippen molar-refractivity contribution in [1.82, 2.24) is 3.97 Å². The van der Waals surface area contributed by atoms with Gasteiger partial charge in [-0.1, -0.05) is 33.6 Å². The number of hydrogen-bond acceptors (Lipinski definition) is 3. The Bertz CT molecular complexity index is 1020. The Labute approximate surface area is 141 Å². The SMILES string of the molecule is Cc1ccc(S(=O)(=O)n2cc(C(=O)O)c3cc(Br)ccc32)cc1. The molecule has 0 atom stereocenters. The van der Waals surface area contributed by atoms with E-state index in [4.69, 9.17) is 0 Å². The molecule has 0 saturated heterocycles. The molecule has 0 aliphatic rings. The minimum atomic E-state index is -3.87. The van der Waals surface area contributed by atoms with Crippen LogP contribution < -0.4 is 0 Å². The molecule has 0 fully saturated rings. The lowest BCUT2D eigenvalue weighted by Crippen LogP contribution is -2.12. The van der Waals surface area contributed by atoms with Crippen LogP contribution in [0.2, 0.25) is 0 Å². The topological polar surface area (TPSA) is 76.4 Å². The average Bonchev–Trinajstić information content (AvgIpc) is 2.87. The van der Waals surface area contributed by atoms with Crippen molar-refractivity contribution < 1.29 is 18.3 Å². The Morgan fingerprint density at radius 1 is 1.13 bits per heavy atom. The molecular weight excluding hydrogens is 382 g/mol. The van der Waals surface area contributed by atoms with Crippen LogP contribution in [0.1, 0.15) is 15.9 Å². The third-order valence-corrected chi connectivity index (χ3v) is 5.72. The summed E-state index contributed by atoms with van der Waals surface area (Å²) in [6, 6.07) is 11.3. The van der Waals surface area contributed by atoms with E-state index in [1.165, 1.54) is 12.1 Å². The first-order valence-electron chi connectivity index (χ1n) is 6.67. The van der Waals surface area contributed by atoms with Crippen LogP contribution >= 0.6 is 15.9 Å². The summed E-state index contributed by atoms with van der Waals surface area (Å²) in [6.45, 7) is 1.86. The molecule has 23 heavy (non-hydrogen) atoms. The number of benzene rings is 2. The molecule has 0 saturated carbocycles. The Balaban J connectivity index is 2.31. The molecule has 2 aromatic carbocycles. The van der Waals surface area contributed by atoms with E-state index in [2.05, 4.69) is 15.9 Å². The number of aryl methyl sites for hydroxylation is 1. The number of rotatable bonds is 3. The quantitative estimate of drug-likeness (QED) is 0.736. The van der Waals surface area contributed by atoms with Gasteiger partial charge < -0.3 is 5.11 Å². The number of aromatic carboxylic acids is 1. The molecule has 0 aliphatic heterocycles. The summed E-state index contributed by atoms with van der Waals surface area (Å²) in [5.41, 5.74) is 1.21. The summed E-state index contributed by atoms with van der Waals surface area (Å²) in [6.07, 6.45) is 1.15. The molecule has 0 aliphatic carbocycles. The predicted molar refractivity (Wildman–Crippen MR) is 90.4 cm³/mol. The first-order chi connectivity index (χ1) is 10.8. The Hall–Kier alpha value is -2.12. The predicted octanol–water partition coefficient (Wildman–Crippen LogP) is 3.65. The standard InChI is InChI=1S/C16H12BrNO4S/c1-10-2-5-12(6-3-10)23(21,22)18-9-14(16(19)20)13-8-11(17)4-7-15(13)18/h2-9H,1H3,(H,19,20). The van der Waals surface area contributed by atoms with Gasteiger partial charge in [0.25, 0.3) is 10.0 Å². The summed E-state index contributed by atoms with van der Waals surface area (Å²) in [7, 11) is -3.87. The van der Waals surface area contributed by atoms with Gasteiger partial charge in [0.15, 0.2) is 0 Å². The van der Waals surface area contributed by atoms with Crippen LogP contribution in [-0.4, -0.2) is 23.5 Å². The first kappa shape index (κ1) is 15.8. The zero-order valence-electron chi connectivity index (χ0n) is 12.0. The number of carboxylic acids is 1. The van der Waals surface area contributed by atoms with Gasteiger partial charge in [-0.15, -0.1) is 0 Å². The number of carbonyl (C=O) groups is 1. The molecular formula is C16H12BrNO4S. The summed E-state index contributed by atoms with van der Waals surface area (Å²) in [4.78, 5) is 11.5. The highest BCUT2D eigenvalue weighted by molar-refractivity contribution is 9.10. The van der Waals surface area contributed by atoms with Crippen molar-refractivity contribution in [3.63, 3.8) is 0 Å². The fraction of sp³-hybridized carbons (Fsp3) is 0.0625. The lowest BCUT2D eigenvalue weighted by Gasteiger charge is -2.08. The molecule has 118 valence electrons. The van der Waals surface area contributed by atoms with Crippen molar-refractivity contribution in [2.24, 2.45) is 0 Å². The molecule has 3 rings (SSSR count). The number of aromatic nitrogens is 1. The fourth-order valence-electron chi connectivity index (χ4n) is 2.37. The molecule has 7 heteroatoms. The lowest BCUT2D eigenvalue weighted by atomic mass is 10.2. The molecule has 1 N–H and O–H groups in total. The zero-order chi connectivity index (χ0) is 16.8. The highest BCUT2D eigenvalue weighted by atomic mass is 79.9. The van der Waals surface area contributed by atoms with E-state index >= 15 is 0 Å². The van der Waals surface area contributed by atoms with Gasteiger partial charge in [0.05, 0.1) is 16.0 Å². The van der Waals surface area contributed by atoms with Crippen LogP contribution in [-0.2, 0) is 10.0 Å². The molecule has 5 nitrogen and oxygen atoms in total. The van der Waals surface area contributed by atoms with E-state index < -0.39 is 16.0 Å². The lowest BCUT2D eigenvalue weighted by molar-refractivity contribution is 0.0699. The van der Waals surface area contributed by atoms with Crippen LogP contribution in [0.3, 0.4) is 0 Å². The fourth-order valence-corrected chi connectivity index (χ4v) is 4.10. The smallest absolute Gasteiger partial charge is 0.337 e. The largest absolute Gasteiger partial charge is 0.478 e. The van der Waals surface area contributed by atoms with E-state index in [-0.39, 0.29) is 10.5 Å². The molecule has 3 aromatic rings. The number of hydrogen-bond donors (Lipinski definition) is 1. The van der Waals surface area contributed by atoms with Crippen molar-refractivity contribution in [2.45, 2.75) is 11.8 Å². The van der Waals surface area contributed by atoms with Gasteiger partial charge in [-0.05, 0) is 37.3 Å². The van der Waals surface area contributed by atoms with Gasteiger partial charge in [-0.3, -0.25) is 0 Å². The van der Waals surface area contributed by atoms with Crippen LogP contribution in [0.5, 0.6) is 0 Å². The highest BCUT2D eigenvalue weighted by Gasteiger charge is 2.23. The van der Waals surface area contributed by atoms with E-state index in [0.717, 1.165) is 15.7 Å². The van der Waals surface area contributed by atoms with Gasteiger partial charge in [0, 0.05) is 16.1 Å². The van der Waals surface area contributed by atoms with Gasteiger partial charge >= 0.3 is 5.97 Å². The number of carboxylic acid groups (broad SMARTS) is 1. The van der Waals surface area contributed by atoms with E-state index in [1.807, 2.05) is 6.92 Å². The van der Waals surface area contributed by atoms with E-state index in [1.54, 1.807) is 30.3 Å². The van der Waals surface area contributed by atoms with Crippen molar-refractivity contribution in [3.8, 4) is 0 Å². The monoisotopic (exact) mass is 393 g/mol. The third-order valence-electron chi connectivity index (χ3n) is 3.54. The number of halogens is 1. The van der Waals surface area contributed by atoms with Crippen LogP contribution in [0.25, 0.3) is 10.9 Å². The maximum Gasteiger partial charge on any atom is 0.337 e. The van der Waals surface area contributed by atoms with E-state index in [9.17, 15) is 18.3 Å². The molecule has 0 unspecified atom stereocenters. The zero-order valence-corrected chi connectivity index (χ0v) is 14.4. The third kappa shape index (κ3) is 2.66. The maximum atomic E-state index is 12.8. The molecule has 0 bridgehead atoms. The summed E-state index contributed by atoms with van der Waals surface area (Å²) < 4.78 is 27.4. The molecule has 0 radical (unpaired) electrons. The second kappa shape index (κ2) is 5.50. The number of fused-ring (bicyclic) bond motifs is 1. The van der Waals surface area contributed by atoms with Crippen molar-refractivity contribution >= 4 is 42.8 Å². The van der Waals surface area contributed by atoms with Crippen molar-refractivity contribution in [1.29, 1.82) is 0 Å². The highest BCUT2D eigenvalue weighted by Crippen LogP contribution is 2.28. The number of nitrogens with zero attached hydrogens (tertiary/aromatic N) is 1. The van der Waals surface area contributed by atoms with Gasteiger partial charge in [0.1, 0.15) is 0 Å². The Morgan fingerprint density at radius 3 is 2.39 bits per heavy atom. The summed E-state index contributed by atoms with van der Waals surface area (Å²) >= 11 is 3.28. The normalized spacial score (nSPS) is 11.7. The summed E-state index contributed by atoms with van der Waals surface area (Å²) in [5.74, 6) is -1.18. The molecule has 1 heterocycles. The molecule has 0 spiro atoms. The Kier molecular flexibility index (Phi) is 3.77. The minimum Gasteiger partial charge on any atom is -0.478 e. The Morgan fingerprint density at radius 2 is 1.78 bits per heavy atom. The molecule has 0 amide bonds. The van der Waals surface area contributed by atoms with E-state index in [0.29, 0.717) is 15.4 Å². The summed E-state index contributed by atoms with van der Waals surface area (Å²) in [5, 5.41) is 9.70.